The standard InChI is InChI=1S/C33H23ClN4O4S/c1-18-8-7-15-37-19(2)27(36-31(18)37)29(39)26-28(20-9-6-12-23(16-20)42-22-10-4-3-5-11-22)38(32(41)30(26)40)33-35-24-14-13-21(34)17-25(24)43-33/h3-17,28,39H,1-2H3/b29-26+. The summed E-state index contributed by atoms with van der Waals surface area (Å²) in [6, 6.07) is 24.5. The molecule has 0 radical (unpaired) electrons. The quantitative estimate of drug-likeness (QED) is 0.123. The van der Waals surface area contributed by atoms with Crippen LogP contribution in [0.5, 0.6) is 11.5 Å². The lowest BCUT2D eigenvalue weighted by Gasteiger charge is -2.23. The average Bonchev–Trinajstić information content (AvgIpc) is 3.65. The molecule has 0 saturated carbocycles. The number of rotatable bonds is 5. The summed E-state index contributed by atoms with van der Waals surface area (Å²) in [4.78, 5) is 38.3. The number of aliphatic hydroxyl groups excluding tert-OH is 1. The first kappa shape index (κ1) is 26.9. The van der Waals surface area contributed by atoms with Gasteiger partial charge >= 0.3 is 5.91 Å². The van der Waals surface area contributed by atoms with Gasteiger partial charge in [0.25, 0.3) is 5.78 Å². The fraction of sp³-hybridized carbons (Fsp3) is 0.0909. The highest BCUT2D eigenvalue weighted by Crippen LogP contribution is 2.45. The van der Waals surface area contributed by atoms with Gasteiger partial charge in [0, 0.05) is 11.2 Å². The molecule has 3 aromatic carbocycles. The molecule has 0 aliphatic carbocycles. The van der Waals surface area contributed by atoms with E-state index in [9.17, 15) is 14.7 Å². The van der Waals surface area contributed by atoms with Crippen molar-refractivity contribution in [2.75, 3.05) is 4.90 Å². The van der Waals surface area contributed by atoms with Gasteiger partial charge in [-0.3, -0.25) is 14.5 Å². The second-order valence-corrected chi connectivity index (χ2v) is 11.6. The number of amides is 1. The highest BCUT2D eigenvalue weighted by Gasteiger charge is 2.48. The van der Waals surface area contributed by atoms with E-state index in [2.05, 4.69) is 9.97 Å². The van der Waals surface area contributed by atoms with E-state index in [-0.39, 0.29) is 17.0 Å². The fourth-order valence-corrected chi connectivity index (χ4v) is 6.65. The van der Waals surface area contributed by atoms with E-state index in [1.165, 1.54) is 16.2 Å². The van der Waals surface area contributed by atoms with Crippen LogP contribution in [-0.2, 0) is 9.59 Å². The Bertz CT molecular complexity index is 2120. The average molecular weight is 607 g/mol. The van der Waals surface area contributed by atoms with Gasteiger partial charge in [-0.1, -0.05) is 59.3 Å². The Labute approximate surface area is 255 Å². The van der Waals surface area contributed by atoms with Crippen molar-refractivity contribution >= 4 is 61.4 Å². The van der Waals surface area contributed by atoms with Crippen molar-refractivity contribution in [3.8, 4) is 11.5 Å². The summed E-state index contributed by atoms with van der Waals surface area (Å²) in [6.45, 7) is 3.73. The van der Waals surface area contributed by atoms with Crippen molar-refractivity contribution in [3.05, 3.63) is 124 Å². The Morgan fingerprint density at radius 1 is 0.930 bits per heavy atom. The maximum atomic E-state index is 13.8. The smallest absolute Gasteiger partial charge is 0.301 e. The van der Waals surface area contributed by atoms with E-state index in [4.69, 9.17) is 16.3 Å². The maximum Gasteiger partial charge on any atom is 0.301 e. The van der Waals surface area contributed by atoms with Crippen LogP contribution in [0.15, 0.2) is 96.7 Å². The third-order valence-corrected chi connectivity index (χ3v) is 8.70. The number of hydrogen-bond acceptors (Lipinski definition) is 7. The number of aryl methyl sites for hydroxylation is 2. The molecule has 8 nitrogen and oxygen atoms in total. The van der Waals surface area contributed by atoms with Crippen LogP contribution in [0.25, 0.3) is 21.6 Å². The van der Waals surface area contributed by atoms with Crippen molar-refractivity contribution in [2.45, 2.75) is 19.9 Å². The number of fused-ring (bicyclic) bond motifs is 2. The Balaban J connectivity index is 1.43. The Kier molecular flexibility index (Phi) is 6.49. The molecular formula is C33H23ClN4O4S. The predicted octanol–water partition coefficient (Wildman–Crippen LogP) is 7.63. The van der Waals surface area contributed by atoms with Crippen LogP contribution >= 0.6 is 22.9 Å². The molecule has 1 aliphatic rings. The number of hydrogen-bond donors (Lipinski definition) is 1. The minimum absolute atomic E-state index is 0.0803. The third kappa shape index (κ3) is 4.54. The molecule has 43 heavy (non-hydrogen) atoms. The number of anilines is 1. The van der Waals surface area contributed by atoms with E-state index in [0.29, 0.717) is 44.1 Å². The lowest BCUT2D eigenvalue weighted by atomic mass is 9.96. The molecule has 7 rings (SSSR count). The van der Waals surface area contributed by atoms with Crippen LogP contribution in [0.2, 0.25) is 5.02 Å². The van der Waals surface area contributed by atoms with Crippen molar-refractivity contribution in [2.24, 2.45) is 0 Å². The number of pyridine rings is 1. The van der Waals surface area contributed by atoms with Crippen LogP contribution in [0.3, 0.4) is 0 Å². The van der Waals surface area contributed by atoms with E-state index < -0.39 is 17.7 Å². The number of ether oxygens (including phenoxy) is 1. The molecule has 1 fully saturated rings. The number of ketones is 1. The first-order valence-electron chi connectivity index (χ1n) is 13.4. The lowest BCUT2D eigenvalue weighted by Crippen LogP contribution is -2.29. The SMILES string of the molecule is Cc1cccn2c(C)c(/C(O)=C3\C(=O)C(=O)N(c4nc5ccc(Cl)cc5s4)C3c3cccc(Oc4ccccc4)c3)nc12. The van der Waals surface area contributed by atoms with Crippen LogP contribution in [0.1, 0.15) is 28.6 Å². The number of thiazole rings is 1. The summed E-state index contributed by atoms with van der Waals surface area (Å²) in [7, 11) is 0. The van der Waals surface area contributed by atoms with Gasteiger partial charge in [0.05, 0.1) is 27.5 Å². The number of aliphatic hydroxyl groups is 1. The summed E-state index contributed by atoms with van der Waals surface area (Å²) in [6.07, 6.45) is 1.84. The highest BCUT2D eigenvalue weighted by molar-refractivity contribution is 7.22. The zero-order chi connectivity index (χ0) is 29.8. The molecule has 1 aliphatic heterocycles. The number of Topliss-reactive ketones (excluding diaryl/α,β-unsaturated/α-hetero) is 1. The van der Waals surface area contributed by atoms with Gasteiger partial charge in [-0.2, -0.15) is 0 Å². The summed E-state index contributed by atoms with van der Waals surface area (Å²) in [5.41, 5.74) is 3.53. The molecule has 0 spiro atoms. The van der Waals surface area contributed by atoms with Gasteiger partial charge in [0.2, 0.25) is 0 Å². The summed E-state index contributed by atoms with van der Waals surface area (Å²) in [5, 5.41) is 12.6. The van der Waals surface area contributed by atoms with Crippen LogP contribution in [0, 0.1) is 13.8 Å². The summed E-state index contributed by atoms with van der Waals surface area (Å²) < 4.78 is 8.69. The first-order chi connectivity index (χ1) is 20.8. The number of nitrogens with zero attached hydrogens (tertiary/aromatic N) is 4. The van der Waals surface area contributed by atoms with E-state index in [1.54, 1.807) is 42.5 Å². The molecule has 1 atom stereocenters. The lowest BCUT2D eigenvalue weighted by molar-refractivity contribution is -0.132. The molecule has 1 saturated heterocycles. The van der Waals surface area contributed by atoms with E-state index >= 15 is 0 Å². The van der Waals surface area contributed by atoms with E-state index in [0.717, 1.165) is 10.3 Å². The van der Waals surface area contributed by atoms with Crippen molar-refractivity contribution in [3.63, 3.8) is 0 Å². The zero-order valence-electron chi connectivity index (χ0n) is 23.0. The molecule has 4 heterocycles. The highest BCUT2D eigenvalue weighted by atomic mass is 35.5. The van der Waals surface area contributed by atoms with Gasteiger partial charge in [-0.05, 0) is 73.5 Å². The van der Waals surface area contributed by atoms with Crippen LogP contribution in [-0.4, -0.2) is 31.2 Å². The Hall–Kier alpha value is -4.99. The van der Waals surface area contributed by atoms with E-state index in [1.807, 2.05) is 66.9 Å². The number of benzene rings is 3. The minimum atomic E-state index is -0.999. The minimum Gasteiger partial charge on any atom is -0.505 e. The molecule has 1 N–H and O–H groups in total. The number of halogens is 1. The van der Waals surface area contributed by atoms with Gasteiger partial charge in [-0.25, -0.2) is 9.97 Å². The van der Waals surface area contributed by atoms with Gasteiger partial charge in [0.15, 0.2) is 10.9 Å². The number of carbonyl (C=O) groups excluding carboxylic acids is 2. The number of imidazole rings is 1. The molecule has 10 heteroatoms. The summed E-state index contributed by atoms with van der Waals surface area (Å²) in [5.74, 6) is -0.853. The molecule has 1 unspecified atom stereocenters. The van der Waals surface area contributed by atoms with Crippen molar-refractivity contribution in [1.29, 1.82) is 0 Å². The van der Waals surface area contributed by atoms with Crippen LogP contribution in [0.4, 0.5) is 5.13 Å². The zero-order valence-corrected chi connectivity index (χ0v) is 24.6. The number of aromatic nitrogens is 3. The number of carbonyl (C=O) groups is 2. The molecule has 3 aromatic heterocycles. The Morgan fingerprint density at radius 3 is 2.51 bits per heavy atom. The topological polar surface area (TPSA) is 97.0 Å². The van der Waals surface area contributed by atoms with Gasteiger partial charge in [-0.15, -0.1) is 0 Å². The maximum absolute atomic E-state index is 13.8. The molecule has 6 aromatic rings. The Morgan fingerprint density at radius 2 is 1.72 bits per heavy atom. The van der Waals surface area contributed by atoms with Crippen molar-refractivity contribution < 1.29 is 19.4 Å². The third-order valence-electron chi connectivity index (χ3n) is 7.45. The largest absolute Gasteiger partial charge is 0.505 e. The second kappa shape index (κ2) is 10.4. The molecular weight excluding hydrogens is 584 g/mol. The van der Waals surface area contributed by atoms with Crippen molar-refractivity contribution in [1.82, 2.24) is 14.4 Å². The van der Waals surface area contributed by atoms with Gasteiger partial charge in [0.1, 0.15) is 22.8 Å². The molecule has 1 amide bonds. The normalized spacial score (nSPS) is 16.4. The first-order valence-corrected chi connectivity index (χ1v) is 14.6. The molecule has 212 valence electrons. The molecule has 0 bridgehead atoms. The number of para-hydroxylation sites is 1. The summed E-state index contributed by atoms with van der Waals surface area (Å²) >= 11 is 7.46. The fourth-order valence-electron chi connectivity index (χ4n) is 5.38. The van der Waals surface area contributed by atoms with Gasteiger partial charge < -0.3 is 14.2 Å². The monoisotopic (exact) mass is 606 g/mol. The predicted molar refractivity (Wildman–Crippen MR) is 167 cm³/mol. The van der Waals surface area contributed by atoms with Crippen LogP contribution < -0.4 is 9.64 Å². The second-order valence-electron chi connectivity index (χ2n) is 10.2.